The summed E-state index contributed by atoms with van der Waals surface area (Å²) in [5.74, 6) is 11.1. The summed E-state index contributed by atoms with van der Waals surface area (Å²) in [5.41, 5.74) is 0. The quantitative estimate of drug-likeness (QED) is 0.503. The molecule has 0 spiro atoms. The molecule has 1 N–H and O–H groups in total. The van der Waals surface area contributed by atoms with E-state index in [9.17, 15) is 4.79 Å². The van der Waals surface area contributed by atoms with E-state index in [1.54, 1.807) is 11.1 Å². The van der Waals surface area contributed by atoms with Crippen molar-refractivity contribution >= 4 is 21.9 Å². The summed E-state index contributed by atoms with van der Waals surface area (Å²) in [5, 5.41) is 8.47. The minimum Gasteiger partial charge on any atom is -0.481 e. The van der Waals surface area contributed by atoms with Gasteiger partial charge in [-0.25, -0.2) is 0 Å². The van der Waals surface area contributed by atoms with E-state index in [4.69, 9.17) is 5.11 Å². The molecule has 0 unspecified atom stereocenters. The second-order valence-electron chi connectivity index (χ2n) is 4.24. The van der Waals surface area contributed by atoms with Crippen LogP contribution in [0.4, 0.5) is 0 Å². The number of halogens is 1. The number of hydrogen-bond donors (Lipinski definition) is 1. The highest BCUT2D eigenvalue weighted by molar-refractivity contribution is 9.11. The van der Waals surface area contributed by atoms with Crippen LogP contribution in [0.3, 0.4) is 0 Å². The van der Waals surface area contributed by atoms with Crippen LogP contribution in [-0.2, 0) is 4.79 Å². The number of unbranched alkanes of at least 4 members (excludes halogenated alkanes) is 4. The smallest absolute Gasteiger partial charge is 0.303 e. The Morgan fingerprint density at radius 2 is 1.62 bits per heavy atom. The first kappa shape index (κ1) is 19.3. The van der Waals surface area contributed by atoms with Gasteiger partial charge in [0.05, 0.1) is 0 Å². The molecule has 0 rings (SSSR count). The Balaban J connectivity index is 3.50. The second-order valence-corrected chi connectivity index (χ2v) is 4.77. The van der Waals surface area contributed by atoms with Gasteiger partial charge >= 0.3 is 5.97 Å². The highest BCUT2D eigenvalue weighted by atomic mass is 79.9. The highest BCUT2D eigenvalue weighted by Gasteiger charge is 1.94. The summed E-state index contributed by atoms with van der Waals surface area (Å²) in [4.78, 5) is 12.0. The summed E-state index contributed by atoms with van der Waals surface area (Å²) in [6.07, 6.45) is 15.2. The molecule has 0 aliphatic heterocycles. The molecule has 0 aromatic carbocycles. The lowest BCUT2D eigenvalue weighted by Crippen LogP contribution is -1.93. The number of carboxylic acids is 1. The van der Waals surface area contributed by atoms with Crippen molar-refractivity contribution in [3.8, 4) is 23.7 Å². The van der Waals surface area contributed by atoms with Gasteiger partial charge in [-0.1, -0.05) is 58.2 Å². The Morgan fingerprint density at radius 3 is 2.29 bits per heavy atom. The number of carboxylic acid groups (broad SMARTS) is 1. The lowest BCUT2D eigenvalue weighted by Gasteiger charge is -1.93. The Kier molecular flexibility index (Phi) is 15.0. The standard InChI is InChI=1S/C18H21BrO2/c19-17-15-13-11-9-7-5-3-1-2-4-6-8-10-12-14-16-18(20)21/h1-2,7,9,15,17H,3,5,8,10,12,14,16H2,(H,20,21)/b2-1+,9-7+,17-15+. The number of hydrogen-bond acceptors (Lipinski definition) is 1. The zero-order valence-electron chi connectivity index (χ0n) is 12.1. The predicted molar refractivity (Wildman–Crippen MR) is 91.9 cm³/mol. The van der Waals surface area contributed by atoms with Crippen molar-refractivity contribution in [2.24, 2.45) is 0 Å². The molecular weight excluding hydrogens is 328 g/mol. The van der Waals surface area contributed by atoms with Gasteiger partial charge in [-0.05, 0) is 48.9 Å². The van der Waals surface area contributed by atoms with Crippen LogP contribution in [0, 0.1) is 23.7 Å². The average molecular weight is 349 g/mol. The highest BCUT2D eigenvalue weighted by Crippen LogP contribution is 2.01. The van der Waals surface area contributed by atoms with Crippen molar-refractivity contribution in [1.29, 1.82) is 0 Å². The number of allylic oxidation sites excluding steroid dienone is 5. The van der Waals surface area contributed by atoms with Crippen LogP contribution < -0.4 is 0 Å². The van der Waals surface area contributed by atoms with Crippen LogP contribution in [0.1, 0.15) is 44.9 Å². The Bertz CT molecular complexity index is 479. The zero-order valence-corrected chi connectivity index (χ0v) is 13.7. The topological polar surface area (TPSA) is 37.3 Å². The van der Waals surface area contributed by atoms with Gasteiger partial charge in [0.1, 0.15) is 0 Å². The maximum absolute atomic E-state index is 10.3. The van der Waals surface area contributed by atoms with Crippen molar-refractivity contribution in [3.05, 3.63) is 35.4 Å². The predicted octanol–water partition coefficient (Wildman–Crippen LogP) is 4.83. The fourth-order valence-corrected chi connectivity index (χ4v) is 1.53. The summed E-state index contributed by atoms with van der Waals surface area (Å²) >= 11 is 3.14. The maximum Gasteiger partial charge on any atom is 0.303 e. The van der Waals surface area contributed by atoms with Crippen molar-refractivity contribution < 1.29 is 9.90 Å². The first-order valence-corrected chi connectivity index (χ1v) is 7.95. The monoisotopic (exact) mass is 348 g/mol. The minimum absolute atomic E-state index is 0.262. The zero-order chi connectivity index (χ0) is 15.6. The van der Waals surface area contributed by atoms with Gasteiger partial charge in [0.25, 0.3) is 0 Å². The summed E-state index contributed by atoms with van der Waals surface area (Å²) in [7, 11) is 0. The van der Waals surface area contributed by atoms with E-state index in [1.165, 1.54) is 0 Å². The maximum atomic E-state index is 10.3. The molecule has 0 heterocycles. The lowest BCUT2D eigenvalue weighted by atomic mass is 10.1. The molecule has 0 radical (unpaired) electrons. The van der Waals surface area contributed by atoms with Crippen molar-refractivity contribution in [2.75, 3.05) is 0 Å². The number of rotatable bonds is 8. The van der Waals surface area contributed by atoms with E-state index >= 15 is 0 Å². The SMILES string of the molecule is O=C(O)CCCCCC#C/C=C/CC/C=C/C#C/C=C/Br. The Labute approximate surface area is 136 Å². The number of aliphatic carboxylic acids is 1. The van der Waals surface area contributed by atoms with E-state index in [2.05, 4.69) is 39.6 Å². The molecule has 0 atom stereocenters. The molecule has 0 fully saturated rings. The second kappa shape index (κ2) is 16.3. The van der Waals surface area contributed by atoms with Crippen LogP contribution in [0.5, 0.6) is 0 Å². The average Bonchev–Trinajstić information content (AvgIpc) is 2.46. The summed E-state index contributed by atoms with van der Waals surface area (Å²) in [6, 6.07) is 0. The van der Waals surface area contributed by atoms with Crippen molar-refractivity contribution in [3.63, 3.8) is 0 Å². The van der Waals surface area contributed by atoms with Crippen LogP contribution in [0.15, 0.2) is 35.4 Å². The fourth-order valence-electron chi connectivity index (χ4n) is 1.40. The van der Waals surface area contributed by atoms with Gasteiger partial charge in [-0.2, -0.15) is 0 Å². The van der Waals surface area contributed by atoms with E-state index in [1.807, 2.05) is 24.3 Å². The normalized spacial score (nSPS) is 10.5. The molecule has 0 bridgehead atoms. The molecule has 21 heavy (non-hydrogen) atoms. The molecule has 0 saturated carbocycles. The largest absolute Gasteiger partial charge is 0.481 e. The van der Waals surface area contributed by atoms with Crippen molar-refractivity contribution in [1.82, 2.24) is 0 Å². The molecule has 0 aliphatic rings. The summed E-state index contributed by atoms with van der Waals surface area (Å²) < 4.78 is 0. The molecule has 0 aromatic heterocycles. The molecule has 2 nitrogen and oxygen atoms in total. The van der Waals surface area contributed by atoms with Gasteiger partial charge in [0.2, 0.25) is 0 Å². The third kappa shape index (κ3) is 18.3. The molecule has 0 amide bonds. The van der Waals surface area contributed by atoms with Gasteiger partial charge in [-0.15, -0.1) is 0 Å². The Hall–Kier alpha value is -1.71. The molecular formula is C18H21BrO2. The molecule has 0 aliphatic carbocycles. The van der Waals surface area contributed by atoms with E-state index in [-0.39, 0.29) is 6.42 Å². The Morgan fingerprint density at radius 1 is 0.952 bits per heavy atom. The molecule has 0 aromatic rings. The summed E-state index contributed by atoms with van der Waals surface area (Å²) in [6.45, 7) is 0. The molecule has 3 heteroatoms. The molecule has 0 saturated heterocycles. The minimum atomic E-state index is -0.719. The van der Waals surface area contributed by atoms with E-state index < -0.39 is 5.97 Å². The fraction of sp³-hybridized carbons (Fsp3) is 0.389. The van der Waals surface area contributed by atoms with Gasteiger partial charge in [0.15, 0.2) is 0 Å². The van der Waals surface area contributed by atoms with Crippen LogP contribution >= 0.6 is 15.9 Å². The van der Waals surface area contributed by atoms with Crippen LogP contribution in [-0.4, -0.2) is 11.1 Å². The first-order chi connectivity index (χ1) is 10.3. The third-order valence-corrected chi connectivity index (χ3v) is 2.69. The van der Waals surface area contributed by atoms with Crippen molar-refractivity contribution in [2.45, 2.75) is 44.9 Å². The number of carbonyl (C=O) groups is 1. The van der Waals surface area contributed by atoms with Crippen LogP contribution in [0.2, 0.25) is 0 Å². The van der Waals surface area contributed by atoms with Gasteiger partial charge in [-0.3, -0.25) is 4.79 Å². The lowest BCUT2D eigenvalue weighted by molar-refractivity contribution is -0.137. The van der Waals surface area contributed by atoms with Crippen LogP contribution in [0.25, 0.3) is 0 Å². The van der Waals surface area contributed by atoms with Gasteiger partial charge in [0, 0.05) is 12.8 Å². The first-order valence-electron chi connectivity index (χ1n) is 7.04. The third-order valence-electron chi connectivity index (χ3n) is 2.43. The van der Waals surface area contributed by atoms with E-state index in [0.717, 1.165) is 38.5 Å². The van der Waals surface area contributed by atoms with Gasteiger partial charge < -0.3 is 5.11 Å². The van der Waals surface area contributed by atoms with E-state index in [0.29, 0.717) is 0 Å². The molecule has 112 valence electrons.